The number of phenols is 1. The molecule has 0 unspecified atom stereocenters. The Morgan fingerprint density at radius 1 is 0.477 bits per heavy atom. The zero-order chi connectivity index (χ0) is 31.4. The average Bonchev–Trinajstić information content (AvgIpc) is 3.08. The molecule has 0 aliphatic heterocycles. The zero-order valence-electron chi connectivity index (χ0n) is 24.4. The smallest absolute Gasteiger partial charge is 0.342 e. The van der Waals surface area contributed by atoms with E-state index in [1.165, 1.54) is 19.1 Å². The van der Waals surface area contributed by atoms with Gasteiger partial charge in [-0.05, 0) is 41.0 Å². The Bertz CT molecular complexity index is 1560. The van der Waals surface area contributed by atoms with E-state index >= 15 is 0 Å². The first-order valence-electron chi connectivity index (χ1n) is 13.8. The van der Waals surface area contributed by atoms with E-state index in [0.717, 1.165) is 16.7 Å². The second kappa shape index (κ2) is 18.7. The lowest BCUT2D eigenvalue weighted by atomic mass is 10.2. The Balaban J connectivity index is 0.000000185. The van der Waals surface area contributed by atoms with Gasteiger partial charge in [0.1, 0.15) is 31.1 Å². The van der Waals surface area contributed by atoms with Crippen molar-refractivity contribution in [1.29, 1.82) is 0 Å². The van der Waals surface area contributed by atoms with E-state index in [9.17, 15) is 19.5 Å². The average molecular weight is 591 g/mol. The standard InChI is InChI=1S/C14H12O3.C14H12O2.C9H10O2/c15-13-9-5-4-8-12(13)14(16)17-10-11-6-2-1-3-7-11;15-14(13-9-5-2-6-10-13)16-11-12-7-3-1-4-8-12;1-8(10)11-7-9-5-3-2-4-6-9/h1-9,15H,10H2;1-10H,11H2;2-6H,7H2,1H3. The molecule has 7 heteroatoms. The van der Waals surface area contributed by atoms with Crippen LogP contribution >= 0.6 is 0 Å². The summed E-state index contributed by atoms with van der Waals surface area (Å²) in [7, 11) is 0. The van der Waals surface area contributed by atoms with Crippen LogP contribution in [0, 0.1) is 0 Å². The summed E-state index contributed by atoms with van der Waals surface area (Å²) in [6.45, 7) is 2.29. The number of para-hydroxylation sites is 1. The van der Waals surface area contributed by atoms with Crippen LogP contribution in [0.2, 0.25) is 0 Å². The van der Waals surface area contributed by atoms with Gasteiger partial charge in [0.25, 0.3) is 0 Å². The third-order valence-corrected chi connectivity index (χ3v) is 5.84. The second-order valence-corrected chi connectivity index (χ2v) is 9.27. The molecule has 44 heavy (non-hydrogen) atoms. The molecule has 0 aromatic heterocycles. The molecule has 0 spiro atoms. The van der Waals surface area contributed by atoms with Crippen molar-refractivity contribution in [3.8, 4) is 5.75 Å². The summed E-state index contributed by atoms with van der Waals surface area (Å²) in [4.78, 5) is 33.6. The lowest BCUT2D eigenvalue weighted by Gasteiger charge is -2.05. The number of rotatable bonds is 8. The second-order valence-electron chi connectivity index (χ2n) is 9.27. The summed E-state index contributed by atoms with van der Waals surface area (Å²) < 4.78 is 15.1. The van der Waals surface area contributed by atoms with Crippen LogP contribution in [-0.2, 0) is 38.8 Å². The lowest BCUT2D eigenvalue weighted by molar-refractivity contribution is -0.142. The highest BCUT2D eigenvalue weighted by Gasteiger charge is 2.11. The Morgan fingerprint density at radius 3 is 1.27 bits per heavy atom. The topological polar surface area (TPSA) is 99.1 Å². The number of phenolic OH excluding ortho intramolecular Hbond substituents is 1. The van der Waals surface area contributed by atoms with Gasteiger partial charge in [0.05, 0.1) is 5.56 Å². The maximum Gasteiger partial charge on any atom is 0.342 e. The van der Waals surface area contributed by atoms with Gasteiger partial charge in [-0.25, -0.2) is 9.59 Å². The molecule has 0 saturated carbocycles. The summed E-state index contributed by atoms with van der Waals surface area (Å²) in [6, 6.07) is 43.9. The predicted molar refractivity (Wildman–Crippen MR) is 168 cm³/mol. The van der Waals surface area contributed by atoms with Gasteiger partial charge < -0.3 is 19.3 Å². The summed E-state index contributed by atoms with van der Waals surface area (Å²) >= 11 is 0. The number of ether oxygens (including phenoxy) is 3. The maximum atomic E-state index is 11.7. The van der Waals surface area contributed by atoms with Crippen LogP contribution < -0.4 is 0 Å². The van der Waals surface area contributed by atoms with Crippen LogP contribution in [-0.4, -0.2) is 23.0 Å². The Labute approximate surface area is 257 Å². The molecule has 224 valence electrons. The largest absolute Gasteiger partial charge is 0.507 e. The van der Waals surface area contributed by atoms with Gasteiger partial charge >= 0.3 is 17.9 Å². The zero-order valence-corrected chi connectivity index (χ0v) is 24.4. The van der Waals surface area contributed by atoms with Crippen molar-refractivity contribution in [3.63, 3.8) is 0 Å². The number of benzene rings is 5. The lowest BCUT2D eigenvalue weighted by Crippen LogP contribution is -2.05. The minimum absolute atomic E-state index is 0.0643. The molecule has 0 bridgehead atoms. The molecule has 0 aliphatic rings. The highest BCUT2D eigenvalue weighted by Crippen LogP contribution is 2.17. The van der Waals surface area contributed by atoms with Gasteiger partial charge in [0.15, 0.2) is 0 Å². The molecular weight excluding hydrogens is 556 g/mol. The predicted octanol–water partition coefficient (Wildman–Crippen LogP) is 7.54. The third kappa shape index (κ3) is 12.4. The quantitative estimate of drug-likeness (QED) is 0.147. The number of hydrogen-bond acceptors (Lipinski definition) is 7. The highest BCUT2D eigenvalue weighted by molar-refractivity contribution is 5.92. The molecule has 0 saturated heterocycles. The van der Waals surface area contributed by atoms with Crippen molar-refractivity contribution in [2.75, 3.05) is 0 Å². The molecule has 5 aromatic rings. The molecule has 0 radical (unpaired) electrons. The first-order valence-corrected chi connectivity index (χ1v) is 13.8. The summed E-state index contributed by atoms with van der Waals surface area (Å²) in [5, 5.41) is 9.48. The van der Waals surface area contributed by atoms with Crippen molar-refractivity contribution < 1.29 is 33.7 Å². The van der Waals surface area contributed by atoms with Crippen LogP contribution in [0.5, 0.6) is 5.75 Å². The maximum absolute atomic E-state index is 11.7. The van der Waals surface area contributed by atoms with E-state index < -0.39 is 5.97 Å². The minimum Gasteiger partial charge on any atom is -0.507 e. The number of carbonyl (C=O) groups excluding carboxylic acids is 3. The first kappa shape index (κ1) is 32.8. The fourth-order valence-electron chi connectivity index (χ4n) is 3.59. The van der Waals surface area contributed by atoms with Gasteiger partial charge in [-0.3, -0.25) is 4.79 Å². The normalized spacial score (nSPS) is 9.66. The minimum atomic E-state index is -0.521. The SMILES string of the molecule is CC(=O)OCc1ccccc1.O=C(OCc1ccccc1)c1ccccc1.O=C(OCc1ccccc1)c1ccccc1O. The third-order valence-electron chi connectivity index (χ3n) is 5.84. The fourth-order valence-corrected chi connectivity index (χ4v) is 3.59. The summed E-state index contributed by atoms with van der Waals surface area (Å²) in [5.74, 6) is -1.11. The van der Waals surface area contributed by atoms with Gasteiger partial charge in [0.2, 0.25) is 0 Å². The molecule has 0 fully saturated rings. The molecule has 5 rings (SSSR count). The summed E-state index contributed by atoms with van der Waals surface area (Å²) in [6.07, 6.45) is 0. The fraction of sp³-hybridized carbons (Fsp3) is 0.108. The Morgan fingerprint density at radius 2 is 0.841 bits per heavy atom. The molecule has 7 nitrogen and oxygen atoms in total. The van der Waals surface area contributed by atoms with Crippen molar-refractivity contribution in [2.45, 2.75) is 26.7 Å². The molecule has 0 amide bonds. The van der Waals surface area contributed by atoms with E-state index in [2.05, 4.69) is 0 Å². The monoisotopic (exact) mass is 590 g/mol. The van der Waals surface area contributed by atoms with Crippen LogP contribution in [0.4, 0.5) is 0 Å². The van der Waals surface area contributed by atoms with Crippen LogP contribution in [0.15, 0.2) is 146 Å². The Hall–Kier alpha value is -5.69. The van der Waals surface area contributed by atoms with Crippen molar-refractivity contribution >= 4 is 17.9 Å². The Kier molecular flexibility index (Phi) is 13.9. The van der Waals surface area contributed by atoms with Crippen LogP contribution in [0.25, 0.3) is 0 Å². The van der Waals surface area contributed by atoms with Crippen molar-refractivity contribution in [3.05, 3.63) is 173 Å². The van der Waals surface area contributed by atoms with Gasteiger partial charge in [-0.2, -0.15) is 0 Å². The van der Waals surface area contributed by atoms with Crippen molar-refractivity contribution in [2.24, 2.45) is 0 Å². The van der Waals surface area contributed by atoms with E-state index in [-0.39, 0.29) is 29.9 Å². The number of carbonyl (C=O) groups is 3. The number of hydrogen-bond donors (Lipinski definition) is 1. The highest BCUT2D eigenvalue weighted by atomic mass is 16.5. The molecule has 5 aromatic carbocycles. The van der Waals surface area contributed by atoms with E-state index in [1.807, 2.05) is 109 Å². The van der Waals surface area contributed by atoms with Gasteiger partial charge in [-0.1, -0.05) is 121 Å². The van der Waals surface area contributed by atoms with Gasteiger partial charge in [-0.15, -0.1) is 0 Å². The summed E-state index contributed by atoms with van der Waals surface area (Å²) in [5.41, 5.74) is 3.69. The van der Waals surface area contributed by atoms with E-state index in [4.69, 9.17) is 14.2 Å². The first-order chi connectivity index (χ1) is 21.4. The number of aromatic hydroxyl groups is 1. The van der Waals surface area contributed by atoms with Crippen LogP contribution in [0.3, 0.4) is 0 Å². The molecular formula is C37H34O7. The molecule has 0 aliphatic carbocycles. The van der Waals surface area contributed by atoms with Crippen LogP contribution in [0.1, 0.15) is 44.3 Å². The van der Waals surface area contributed by atoms with Gasteiger partial charge in [0, 0.05) is 6.92 Å². The molecule has 0 heterocycles. The van der Waals surface area contributed by atoms with E-state index in [0.29, 0.717) is 18.8 Å². The number of esters is 3. The van der Waals surface area contributed by atoms with E-state index in [1.54, 1.807) is 24.3 Å². The molecule has 0 atom stereocenters. The molecule has 1 N–H and O–H groups in total. The van der Waals surface area contributed by atoms with Crippen molar-refractivity contribution in [1.82, 2.24) is 0 Å².